The molecule has 6 nitrogen and oxygen atoms in total. The quantitative estimate of drug-likeness (QED) is 0.259. The molecule has 0 fully saturated rings. The van der Waals surface area contributed by atoms with Gasteiger partial charge in [0.25, 0.3) is 0 Å². The van der Waals surface area contributed by atoms with E-state index < -0.39 is 5.60 Å². The number of rotatable bonds is 12. The summed E-state index contributed by atoms with van der Waals surface area (Å²) in [6, 6.07) is 8.08. The largest absolute Gasteiger partial charge is 0.507 e. The number of fused-ring (bicyclic) bond motifs is 2. The lowest BCUT2D eigenvalue weighted by molar-refractivity contribution is 0.154. The van der Waals surface area contributed by atoms with Gasteiger partial charge in [0.05, 0.1) is 5.39 Å². The highest BCUT2D eigenvalue weighted by atomic mass is 16.5. The van der Waals surface area contributed by atoms with Crippen molar-refractivity contribution in [3.8, 4) is 17.2 Å². The second kappa shape index (κ2) is 11.3. The first-order valence-electron chi connectivity index (χ1n) is 11.9. The maximum Gasteiger partial charge on any atom is 0.205 e. The lowest BCUT2D eigenvalue weighted by Crippen LogP contribution is -2.25. The molecule has 0 saturated carbocycles. The van der Waals surface area contributed by atoms with Gasteiger partial charge in [0.1, 0.15) is 28.9 Å². The second-order valence-corrected chi connectivity index (χ2v) is 8.84. The van der Waals surface area contributed by atoms with E-state index in [1.165, 1.54) is 6.07 Å². The number of aromatic hydroxyl groups is 1. The van der Waals surface area contributed by atoms with Gasteiger partial charge in [0.15, 0.2) is 11.3 Å². The molecule has 0 atom stereocenters. The van der Waals surface area contributed by atoms with Crippen LogP contribution >= 0.6 is 0 Å². The minimum Gasteiger partial charge on any atom is -0.507 e. The number of phenols is 1. The lowest BCUT2D eigenvalue weighted by atomic mass is 10.1. The van der Waals surface area contributed by atoms with Gasteiger partial charge < -0.3 is 19.0 Å². The summed E-state index contributed by atoms with van der Waals surface area (Å²) >= 11 is 0. The fourth-order valence-corrected chi connectivity index (χ4v) is 3.79. The zero-order valence-electron chi connectivity index (χ0n) is 20.6. The standard InChI is InChI=1S/C28H35NO5/c1-6-16-29(17-7-2)18-9-10-19-32-27-23(34-28(4,5)8-3)15-14-20-25(31)24-21(30)12-11-13-22(24)33-26(20)27/h8-15,30H,3,6-7,16-19H2,1-2,4-5H3/b10-9+. The van der Waals surface area contributed by atoms with Gasteiger partial charge in [-0.2, -0.15) is 0 Å². The van der Waals surface area contributed by atoms with Crippen LogP contribution in [-0.2, 0) is 0 Å². The third-order valence-electron chi connectivity index (χ3n) is 5.56. The van der Waals surface area contributed by atoms with Crippen molar-refractivity contribution in [3.63, 3.8) is 0 Å². The highest BCUT2D eigenvalue weighted by Crippen LogP contribution is 2.39. The molecule has 34 heavy (non-hydrogen) atoms. The maximum atomic E-state index is 13.1. The van der Waals surface area contributed by atoms with Crippen molar-refractivity contribution in [2.24, 2.45) is 0 Å². The smallest absolute Gasteiger partial charge is 0.205 e. The van der Waals surface area contributed by atoms with E-state index in [0.29, 0.717) is 16.9 Å². The number of hydrogen-bond donors (Lipinski definition) is 1. The molecule has 1 heterocycles. The van der Waals surface area contributed by atoms with Crippen molar-refractivity contribution in [3.05, 3.63) is 65.4 Å². The van der Waals surface area contributed by atoms with E-state index in [2.05, 4.69) is 31.4 Å². The molecule has 0 spiro atoms. The van der Waals surface area contributed by atoms with Gasteiger partial charge >= 0.3 is 0 Å². The molecule has 6 heteroatoms. The molecule has 182 valence electrons. The predicted octanol–water partition coefficient (Wildman–Crippen LogP) is 6.05. The summed E-state index contributed by atoms with van der Waals surface area (Å²) in [7, 11) is 0. The molecule has 0 amide bonds. The van der Waals surface area contributed by atoms with Crippen LogP contribution in [-0.4, -0.2) is 41.8 Å². The average molecular weight is 466 g/mol. The molecule has 0 aliphatic carbocycles. The Bertz CT molecular complexity index is 1220. The molecule has 3 rings (SSSR count). The SMILES string of the molecule is C=CC(C)(C)Oc1ccc2c(=O)c3c(O)cccc3oc2c1OC/C=C/CN(CCC)CCC. The average Bonchev–Trinajstić information content (AvgIpc) is 2.80. The Balaban J connectivity index is 1.98. The van der Waals surface area contributed by atoms with Crippen molar-refractivity contribution in [2.75, 3.05) is 26.2 Å². The zero-order valence-corrected chi connectivity index (χ0v) is 20.6. The molecule has 1 aromatic heterocycles. The molecule has 2 aromatic carbocycles. The van der Waals surface area contributed by atoms with Gasteiger partial charge in [-0.05, 0) is 70.1 Å². The summed E-state index contributed by atoms with van der Waals surface area (Å²) in [6.45, 7) is 15.2. The summed E-state index contributed by atoms with van der Waals surface area (Å²) in [5.74, 6) is 0.681. The van der Waals surface area contributed by atoms with Crippen LogP contribution in [0.3, 0.4) is 0 Å². The lowest BCUT2D eigenvalue weighted by Gasteiger charge is -2.24. The third kappa shape index (κ3) is 5.81. The molecular weight excluding hydrogens is 430 g/mol. The molecule has 0 aliphatic rings. The minimum atomic E-state index is -0.655. The Kier molecular flexibility index (Phi) is 8.40. The van der Waals surface area contributed by atoms with Crippen LogP contribution in [0.5, 0.6) is 17.2 Å². The first-order chi connectivity index (χ1) is 16.3. The summed E-state index contributed by atoms with van der Waals surface area (Å²) in [6.07, 6.45) is 7.98. The molecule has 0 saturated heterocycles. The molecule has 3 aromatic rings. The summed E-state index contributed by atoms with van der Waals surface area (Å²) in [4.78, 5) is 15.5. The van der Waals surface area contributed by atoms with Gasteiger partial charge in [0.2, 0.25) is 11.2 Å². The van der Waals surface area contributed by atoms with E-state index in [-0.39, 0.29) is 34.3 Å². The number of ether oxygens (including phenoxy) is 2. The Morgan fingerprint density at radius 2 is 1.85 bits per heavy atom. The number of hydrogen-bond acceptors (Lipinski definition) is 6. The highest BCUT2D eigenvalue weighted by Gasteiger charge is 2.22. The summed E-state index contributed by atoms with van der Waals surface area (Å²) in [5, 5.41) is 10.7. The number of phenolic OH excluding ortho intramolecular Hbond substituents is 1. The van der Waals surface area contributed by atoms with E-state index >= 15 is 0 Å². The van der Waals surface area contributed by atoms with Crippen LogP contribution in [0.2, 0.25) is 0 Å². The molecular formula is C28H35NO5. The molecule has 0 radical (unpaired) electrons. The molecule has 1 N–H and O–H groups in total. The van der Waals surface area contributed by atoms with E-state index in [1.807, 2.05) is 19.9 Å². The van der Waals surface area contributed by atoms with Gasteiger partial charge in [0, 0.05) is 6.54 Å². The summed E-state index contributed by atoms with van der Waals surface area (Å²) in [5.41, 5.74) is -0.406. The van der Waals surface area contributed by atoms with Gasteiger partial charge in [-0.25, -0.2) is 0 Å². The highest BCUT2D eigenvalue weighted by molar-refractivity contribution is 5.96. The Morgan fingerprint density at radius 3 is 2.53 bits per heavy atom. The number of nitrogens with zero attached hydrogens (tertiary/aromatic N) is 1. The van der Waals surface area contributed by atoms with E-state index in [4.69, 9.17) is 13.9 Å². The fraction of sp³-hybridized carbons (Fsp3) is 0.393. The Hall–Kier alpha value is -3.25. The monoisotopic (exact) mass is 465 g/mol. The van der Waals surface area contributed by atoms with Gasteiger partial charge in [-0.1, -0.05) is 38.6 Å². The van der Waals surface area contributed by atoms with E-state index in [0.717, 1.165) is 32.5 Å². The second-order valence-electron chi connectivity index (χ2n) is 8.84. The van der Waals surface area contributed by atoms with E-state index in [9.17, 15) is 9.90 Å². The maximum absolute atomic E-state index is 13.1. The Labute approximate surface area is 201 Å². The zero-order chi connectivity index (χ0) is 24.7. The number of benzene rings is 2. The van der Waals surface area contributed by atoms with Crippen LogP contribution in [0, 0.1) is 0 Å². The van der Waals surface area contributed by atoms with Gasteiger partial charge in [-0.3, -0.25) is 9.69 Å². The first-order valence-corrected chi connectivity index (χ1v) is 11.9. The third-order valence-corrected chi connectivity index (χ3v) is 5.56. The minimum absolute atomic E-state index is 0.115. The predicted molar refractivity (Wildman–Crippen MR) is 138 cm³/mol. The van der Waals surface area contributed by atoms with Crippen LogP contribution in [0.1, 0.15) is 40.5 Å². The molecule has 0 aliphatic heterocycles. The fourth-order valence-electron chi connectivity index (χ4n) is 3.79. The van der Waals surface area contributed by atoms with Crippen molar-refractivity contribution >= 4 is 21.9 Å². The van der Waals surface area contributed by atoms with Crippen LogP contribution in [0.4, 0.5) is 0 Å². The normalized spacial score (nSPS) is 12.1. The summed E-state index contributed by atoms with van der Waals surface area (Å²) < 4.78 is 18.3. The van der Waals surface area contributed by atoms with Crippen molar-refractivity contribution in [2.45, 2.75) is 46.1 Å². The first kappa shape index (κ1) is 25.4. The van der Waals surface area contributed by atoms with Crippen molar-refractivity contribution < 1.29 is 19.0 Å². The molecule has 0 unspecified atom stereocenters. The van der Waals surface area contributed by atoms with Crippen molar-refractivity contribution in [1.82, 2.24) is 4.90 Å². The van der Waals surface area contributed by atoms with Crippen molar-refractivity contribution in [1.29, 1.82) is 0 Å². The Morgan fingerprint density at radius 1 is 1.12 bits per heavy atom. The molecule has 0 bridgehead atoms. The van der Waals surface area contributed by atoms with Crippen LogP contribution < -0.4 is 14.9 Å². The van der Waals surface area contributed by atoms with E-state index in [1.54, 1.807) is 30.3 Å². The van der Waals surface area contributed by atoms with Crippen LogP contribution in [0.15, 0.2) is 64.4 Å². The topological polar surface area (TPSA) is 72.1 Å². The van der Waals surface area contributed by atoms with Crippen LogP contribution in [0.25, 0.3) is 21.9 Å². The van der Waals surface area contributed by atoms with Gasteiger partial charge in [-0.15, -0.1) is 0 Å².